The van der Waals surface area contributed by atoms with E-state index in [4.69, 9.17) is 18.9 Å². The van der Waals surface area contributed by atoms with Crippen molar-refractivity contribution in [1.29, 1.82) is 0 Å². The van der Waals surface area contributed by atoms with Gasteiger partial charge in [-0.05, 0) is 69.2 Å². The van der Waals surface area contributed by atoms with E-state index in [0.29, 0.717) is 23.7 Å². The molecule has 0 fully saturated rings. The minimum Gasteiger partial charge on any atom is -0.497 e. The number of Topliss-reactive ketones (excluding diaryl/α,β-unsaturated/α-hetero) is 1. The number of hydrogen-bond acceptors (Lipinski definition) is 6. The van der Waals surface area contributed by atoms with Crippen molar-refractivity contribution < 1.29 is 28.5 Å². The fraction of sp³-hybridized carbons (Fsp3) is 0.333. The SMILES string of the molecule is CCOc1ccc(C(=O)OCC(=O)c2cc(C)n(CCc3ccc(OC)cc3)c2C)cc1OC. The molecule has 2 aromatic carbocycles. The lowest BCUT2D eigenvalue weighted by molar-refractivity contribution is 0.0474. The number of nitrogens with zero attached hydrogens (tertiary/aromatic N) is 1. The van der Waals surface area contributed by atoms with E-state index in [1.54, 1.807) is 25.3 Å². The summed E-state index contributed by atoms with van der Waals surface area (Å²) < 4.78 is 23.3. The highest BCUT2D eigenvalue weighted by Crippen LogP contribution is 2.28. The maximum atomic E-state index is 12.8. The third-order valence-corrected chi connectivity index (χ3v) is 5.69. The molecule has 0 saturated carbocycles. The maximum Gasteiger partial charge on any atom is 0.338 e. The molecule has 1 heterocycles. The third-order valence-electron chi connectivity index (χ3n) is 5.69. The molecule has 34 heavy (non-hydrogen) atoms. The zero-order valence-corrected chi connectivity index (χ0v) is 20.3. The number of esters is 1. The maximum absolute atomic E-state index is 12.8. The van der Waals surface area contributed by atoms with E-state index >= 15 is 0 Å². The molecule has 0 amide bonds. The molecular weight excluding hydrogens is 434 g/mol. The van der Waals surface area contributed by atoms with E-state index in [1.165, 1.54) is 12.7 Å². The van der Waals surface area contributed by atoms with Crippen LogP contribution in [-0.4, -0.2) is 43.8 Å². The van der Waals surface area contributed by atoms with Crippen LogP contribution in [0, 0.1) is 13.8 Å². The number of ether oxygens (including phenoxy) is 4. The summed E-state index contributed by atoms with van der Waals surface area (Å²) >= 11 is 0. The number of benzene rings is 2. The standard InChI is InChI=1S/C27H31NO6/c1-6-33-25-12-9-21(16-26(25)32-5)27(30)34-17-24(29)23-15-18(2)28(19(23)3)14-13-20-7-10-22(31-4)11-8-20/h7-12,15-16H,6,13-14,17H2,1-5H3. The van der Waals surface area contributed by atoms with E-state index in [1.807, 2.05) is 51.1 Å². The van der Waals surface area contributed by atoms with Crippen molar-refractivity contribution in [2.24, 2.45) is 0 Å². The first kappa shape index (κ1) is 24.9. The Morgan fingerprint density at radius 3 is 2.29 bits per heavy atom. The largest absolute Gasteiger partial charge is 0.497 e. The average molecular weight is 466 g/mol. The normalized spacial score (nSPS) is 10.6. The molecule has 0 radical (unpaired) electrons. The van der Waals surface area contributed by atoms with E-state index in [-0.39, 0.29) is 18.0 Å². The van der Waals surface area contributed by atoms with Gasteiger partial charge in [0.05, 0.1) is 26.4 Å². The minimum absolute atomic E-state index is 0.241. The molecule has 3 aromatic rings. The molecule has 0 bridgehead atoms. The number of aromatic nitrogens is 1. The molecular formula is C27H31NO6. The number of carbonyl (C=O) groups excluding carboxylic acids is 2. The van der Waals surface area contributed by atoms with Gasteiger partial charge in [0.15, 0.2) is 18.1 Å². The van der Waals surface area contributed by atoms with Crippen LogP contribution in [0.1, 0.15) is 44.6 Å². The molecule has 0 aliphatic rings. The van der Waals surface area contributed by atoms with Crippen molar-refractivity contribution >= 4 is 11.8 Å². The third kappa shape index (κ3) is 5.78. The van der Waals surface area contributed by atoms with Gasteiger partial charge in [0, 0.05) is 23.5 Å². The number of aryl methyl sites for hydroxylation is 2. The molecule has 0 aliphatic carbocycles. The zero-order chi connectivity index (χ0) is 24.7. The monoisotopic (exact) mass is 465 g/mol. The second-order valence-corrected chi connectivity index (χ2v) is 7.83. The van der Waals surface area contributed by atoms with Gasteiger partial charge >= 0.3 is 5.97 Å². The molecule has 7 heteroatoms. The highest BCUT2D eigenvalue weighted by molar-refractivity contribution is 6.00. The van der Waals surface area contributed by atoms with Gasteiger partial charge in [0.2, 0.25) is 5.78 Å². The Kier molecular flexibility index (Phi) is 8.35. The highest BCUT2D eigenvalue weighted by atomic mass is 16.5. The van der Waals surface area contributed by atoms with Gasteiger partial charge in [-0.1, -0.05) is 12.1 Å². The summed E-state index contributed by atoms with van der Waals surface area (Å²) in [6.45, 7) is 6.63. The molecule has 0 atom stereocenters. The summed E-state index contributed by atoms with van der Waals surface area (Å²) in [5, 5.41) is 0. The van der Waals surface area contributed by atoms with E-state index in [9.17, 15) is 9.59 Å². The Morgan fingerprint density at radius 2 is 1.65 bits per heavy atom. The number of rotatable bonds is 11. The van der Waals surface area contributed by atoms with Crippen LogP contribution >= 0.6 is 0 Å². The van der Waals surface area contributed by atoms with Crippen LogP contribution in [0.2, 0.25) is 0 Å². The molecule has 0 N–H and O–H groups in total. The predicted molar refractivity (Wildman–Crippen MR) is 129 cm³/mol. The summed E-state index contributed by atoms with van der Waals surface area (Å²) in [6.07, 6.45) is 0.822. The van der Waals surface area contributed by atoms with Gasteiger partial charge in [0.25, 0.3) is 0 Å². The lowest BCUT2D eigenvalue weighted by Crippen LogP contribution is -2.15. The molecule has 7 nitrogen and oxygen atoms in total. The van der Waals surface area contributed by atoms with Crippen molar-refractivity contribution in [3.05, 3.63) is 76.6 Å². The van der Waals surface area contributed by atoms with E-state index in [2.05, 4.69) is 4.57 Å². The van der Waals surface area contributed by atoms with Gasteiger partial charge in [-0.25, -0.2) is 4.79 Å². The fourth-order valence-corrected chi connectivity index (χ4v) is 3.82. The van der Waals surface area contributed by atoms with Crippen molar-refractivity contribution in [3.63, 3.8) is 0 Å². The van der Waals surface area contributed by atoms with Crippen molar-refractivity contribution in [1.82, 2.24) is 4.57 Å². The summed E-state index contributed by atoms with van der Waals surface area (Å²) in [4.78, 5) is 25.3. The van der Waals surface area contributed by atoms with Gasteiger partial charge in [-0.15, -0.1) is 0 Å². The average Bonchev–Trinajstić information content (AvgIpc) is 3.14. The summed E-state index contributed by atoms with van der Waals surface area (Å²) in [6, 6.07) is 14.6. The van der Waals surface area contributed by atoms with Crippen LogP contribution in [0.25, 0.3) is 0 Å². The van der Waals surface area contributed by atoms with Crippen LogP contribution in [-0.2, 0) is 17.7 Å². The zero-order valence-electron chi connectivity index (χ0n) is 20.3. The predicted octanol–water partition coefficient (Wildman–Crippen LogP) is 4.80. The van der Waals surface area contributed by atoms with Crippen LogP contribution in [0.3, 0.4) is 0 Å². The van der Waals surface area contributed by atoms with E-state index in [0.717, 1.165) is 30.1 Å². The van der Waals surface area contributed by atoms with Crippen LogP contribution < -0.4 is 14.2 Å². The smallest absolute Gasteiger partial charge is 0.338 e. The van der Waals surface area contributed by atoms with Crippen LogP contribution in [0.4, 0.5) is 0 Å². The first-order valence-electron chi connectivity index (χ1n) is 11.2. The van der Waals surface area contributed by atoms with E-state index < -0.39 is 5.97 Å². The first-order chi connectivity index (χ1) is 16.4. The molecule has 0 aliphatic heterocycles. The number of methoxy groups -OCH3 is 2. The van der Waals surface area contributed by atoms with Gasteiger partial charge < -0.3 is 23.5 Å². The lowest BCUT2D eigenvalue weighted by atomic mass is 10.1. The first-order valence-corrected chi connectivity index (χ1v) is 11.2. The van der Waals surface area contributed by atoms with Crippen molar-refractivity contribution in [2.45, 2.75) is 33.7 Å². The van der Waals surface area contributed by atoms with Gasteiger partial charge in [0.1, 0.15) is 5.75 Å². The van der Waals surface area contributed by atoms with Gasteiger partial charge in [-0.2, -0.15) is 0 Å². The Labute approximate surface area is 200 Å². The topological polar surface area (TPSA) is 76.0 Å². The second kappa shape index (κ2) is 11.4. The number of hydrogen-bond donors (Lipinski definition) is 0. The van der Waals surface area contributed by atoms with Crippen LogP contribution in [0.15, 0.2) is 48.5 Å². The Balaban J connectivity index is 1.63. The second-order valence-electron chi connectivity index (χ2n) is 7.83. The lowest BCUT2D eigenvalue weighted by Gasteiger charge is -2.11. The fourth-order valence-electron chi connectivity index (χ4n) is 3.82. The Morgan fingerprint density at radius 1 is 0.912 bits per heavy atom. The van der Waals surface area contributed by atoms with Crippen molar-refractivity contribution in [2.75, 3.05) is 27.4 Å². The molecule has 0 saturated heterocycles. The quantitative estimate of drug-likeness (QED) is 0.299. The van der Waals surface area contributed by atoms with Crippen molar-refractivity contribution in [3.8, 4) is 17.2 Å². The molecule has 1 aromatic heterocycles. The summed E-state index contributed by atoms with van der Waals surface area (Å²) in [5.74, 6) is 0.962. The Bertz CT molecular complexity index is 1150. The van der Waals surface area contributed by atoms with Crippen LogP contribution in [0.5, 0.6) is 17.2 Å². The number of ketones is 1. The molecule has 180 valence electrons. The molecule has 3 rings (SSSR count). The summed E-state index contributed by atoms with van der Waals surface area (Å²) in [7, 11) is 3.15. The highest BCUT2D eigenvalue weighted by Gasteiger charge is 2.19. The molecule has 0 spiro atoms. The minimum atomic E-state index is -0.594. The molecule has 0 unspecified atom stereocenters. The summed E-state index contributed by atoms with van der Waals surface area (Å²) in [5.41, 5.74) is 3.87. The van der Waals surface area contributed by atoms with Gasteiger partial charge in [-0.3, -0.25) is 4.79 Å². The Hall–Kier alpha value is -3.74. The number of carbonyl (C=O) groups is 2.